The zero-order valence-electron chi connectivity index (χ0n) is 17.7. The molecule has 0 atom stereocenters. The van der Waals surface area contributed by atoms with Gasteiger partial charge >= 0.3 is 0 Å². The first-order valence-corrected chi connectivity index (χ1v) is 10.5. The van der Waals surface area contributed by atoms with Gasteiger partial charge in [0.2, 0.25) is 0 Å². The van der Waals surface area contributed by atoms with Gasteiger partial charge in [-0.2, -0.15) is 0 Å². The average Bonchev–Trinajstić information content (AvgIpc) is 2.80. The minimum atomic E-state index is 1.02. The number of aryl methyl sites for hydroxylation is 2. The van der Waals surface area contributed by atoms with Gasteiger partial charge in [0.15, 0.2) is 0 Å². The molecular formula is C28H25N3. The second kappa shape index (κ2) is 8.04. The summed E-state index contributed by atoms with van der Waals surface area (Å²) in [4.78, 5) is 0. The van der Waals surface area contributed by atoms with Crippen molar-refractivity contribution in [1.82, 2.24) is 0 Å². The largest absolute Gasteiger partial charge is 0.353 e. The summed E-state index contributed by atoms with van der Waals surface area (Å²) >= 11 is 0. The van der Waals surface area contributed by atoms with E-state index in [0.717, 1.165) is 28.1 Å². The van der Waals surface area contributed by atoms with Gasteiger partial charge in [0.1, 0.15) is 0 Å². The number of rotatable bonds is 5. The molecule has 3 N–H and O–H groups in total. The van der Waals surface area contributed by atoms with Crippen molar-refractivity contribution in [2.45, 2.75) is 13.8 Å². The van der Waals surface area contributed by atoms with Crippen LogP contribution in [0, 0.1) is 13.8 Å². The van der Waals surface area contributed by atoms with Crippen LogP contribution in [-0.2, 0) is 0 Å². The Kier molecular flexibility index (Phi) is 4.93. The normalized spacial score (nSPS) is 10.9. The van der Waals surface area contributed by atoms with E-state index in [9.17, 15) is 0 Å². The van der Waals surface area contributed by atoms with E-state index in [4.69, 9.17) is 0 Å². The summed E-state index contributed by atoms with van der Waals surface area (Å²) in [6, 6.07) is 34.0. The third-order valence-corrected chi connectivity index (χ3v) is 5.70. The lowest BCUT2D eigenvalue weighted by molar-refractivity contribution is 1.33. The minimum Gasteiger partial charge on any atom is -0.353 e. The molecule has 31 heavy (non-hydrogen) atoms. The Morgan fingerprint density at radius 3 is 2.06 bits per heavy atom. The summed E-state index contributed by atoms with van der Waals surface area (Å²) in [7, 11) is 0. The summed E-state index contributed by atoms with van der Waals surface area (Å²) in [5, 5.41) is 8.44. The zero-order chi connectivity index (χ0) is 21.2. The Bertz CT molecular complexity index is 1380. The smallest absolute Gasteiger partial charge is 0.0853 e. The highest BCUT2D eigenvalue weighted by Gasteiger charge is 2.10. The van der Waals surface area contributed by atoms with E-state index in [-0.39, 0.29) is 0 Å². The van der Waals surface area contributed by atoms with Crippen LogP contribution < -0.4 is 16.2 Å². The van der Waals surface area contributed by atoms with E-state index in [0.29, 0.717) is 0 Å². The topological polar surface area (TPSA) is 36.1 Å². The average molecular weight is 404 g/mol. The molecule has 0 amide bonds. The Balaban J connectivity index is 1.57. The van der Waals surface area contributed by atoms with Crippen LogP contribution >= 0.6 is 0 Å². The molecule has 0 spiro atoms. The molecule has 5 rings (SSSR count). The van der Waals surface area contributed by atoms with Crippen molar-refractivity contribution < 1.29 is 0 Å². The molecule has 0 aromatic heterocycles. The minimum absolute atomic E-state index is 1.02. The lowest BCUT2D eigenvalue weighted by atomic mass is 10.1. The van der Waals surface area contributed by atoms with Crippen molar-refractivity contribution in [3.05, 3.63) is 108 Å². The van der Waals surface area contributed by atoms with Gasteiger partial charge in [0.05, 0.1) is 17.1 Å². The third kappa shape index (κ3) is 3.78. The van der Waals surface area contributed by atoms with E-state index >= 15 is 0 Å². The lowest BCUT2D eigenvalue weighted by Gasteiger charge is -2.19. The first-order valence-electron chi connectivity index (χ1n) is 10.5. The molecule has 0 aliphatic carbocycles. The number of hydrogen-bond acceptors (Lipinski definition) is 3. The molecule has 0 aliphatic rings. The lowest BCUT2D eigenvalue weighted by Crippen LogP contribution is -2.12. The van der Waals surface area contributed by atoms with Crippen molar-refractivity contribution in [2.75, 3.05) is 16.2 Å². The Morgan fingerprint density at radius 2 is 1.23 bits per heavy atom. The quantitative estimate of drug-likeness (QED) is 0.262. The fourth-order valence-electron chi connectivity index (χ4n) is 3.99. The highest BCUT2D eigenvalue weighted by molar-refractivity contribution is 6.03. The molecule has 0 heterocycles. The van der Waals surface area contributed by atoms with Gasteiger partial charge in [-0.1, -0.05) is 78.9 Å². The summed E-state index contributed by atoms with van der Waals surface area (Å²) < 4.78 is 0. The Hall–Kier alpha value is -3.98. The summed E-state index contributed by atoms with van der Waals surface area (Å²) in [6.07, 6.45) is 0. The van der Waals surface area contributed by atoms with Gasteiger partial charge in [-0.15, -0.1) is 0 Å². The molecular weight excluding hydrogens is 378 g/mol. The van der Waals surface area contributed by atoms with Crippen LogP contribution in [0.15, 0.2) is 97.1 Å². The fraction of sp³-hybridized carbons (Fsp3) is 0.0714. The SMILES string of the molecule is Cc1ccc(C)c(NNc2c(Nc3cccc4ccccc34)ccc3ccccc23)c1. The van der Waals surface area contributed by atoms with Crippen LogP contribution in [0.5, 0.6) is 0 Å². The second-order valence-electron chi connectivity index (χ2n) is 7.93. The molecule has 0 fully saturated rings. The predicted octanol–water partition coefficient (Wildman–Crippen LogP) is 7.79. The molecule has 0 aliphatic heterocycles. The second-order valence-corrected chi connectivity index (χ2v) is 7.93. The molecule has 0 bridgehead atoms. The monoisotopic (exact) mass is 403 g/mol. The van der Waals surface area contributed by atoms with E-state index in [1.165, 1.54) is 27.3 Å². The summed E-state index contributed by atoms with van der Waals surface area (Å²) in [5.74, 6) is 0. The first-order chi connectivity index (χ1) is 15.2. The number of hydrazine groups is 1. The van der Waals surface area contributed by atoms with Crippen molar-refractivity contribution in [3.8, 4) is 0 Å². The highest BCUT2D eigenvalue weighted by atomic mass is 15.4. The Morgan fingerprint density at radius 1 is 0.516 bits per heavy atom. The maximum atomic E-state index is 3.67. The number of fused-ring (bicyclic) bond motifs is 2. The molecule has 5 aromatic rings. The molecule has 152 valence electrons. The van der Waals surface area contributed by atoms with Crippen LogP contribution in [0.2, 0.25) is 0 Å². The van der Waals surface area contributed by atoms with Crippen molar-refractivity contribution in [3.63, 3.8) is 0 Å². The van der Waals surface area contributed by atoms with Crippen molar-refractivity contribution >= 4 is 44.3 Å². The maximum absolute atomic E-state index is 3.67. The summed E-state index contributed by atoms with van der Waals surface area (Å²) in [5.41, 5.74) is 13.6. The van der Waals surface area contributed by atoms with Crippen LogP contribution in [0.3, 0.4) is 0 Å². The summed E-state index contributed by atoms with van der Waals surface area (Å²) in [6.45, 7) is 4.22. The van der Waals surface area contributed by atoms with Gasteiger partial charge in [0.25, 0.3) is 0 Å². The standard InChI is InChI=1S/C28H25N3/c1-19-14-15-20(2)27(18-19)30-31-28-24-12-6-4-9-22(24)16-17-26(28)29-25-13-7-10-21-8-3-5-11-23(21)25/h3-18,29-31H,1-2H3. The van der Waals surface area contributed by atoms with E-state index < -0.39 is 0 Å². The van der Waals surface area contributed by atoms with Crippen LogP contribution in [0.25, 0.3) is 21.5 Å². The molecule has 3 heteroatoms. The highest BCUT2D eigenvalue weighted by Crippen LogP contribution is 2.35. The van der Waals surface area contributed by atoms with Gasteiger partial charge < -0.3 is 10.7 Å². The van der Waals surface area contributed by atoms with Crippen LogP contribution in [-0.4, -0.2) is 0 Å². The molecule has 0 saturated carbocycles. The van der Waals surface area contributed by atoms with E-state index in [2.05, 4.69) is 127 Å². The maximum Gasteiger partial charge on any atom is 0.0853 e. The van der Waals surface area contributed by atoms with Crippen LogP contribution in [0.1, 0.15) is 11.1 Å². The van der Waals surface area contributed by atoms with Gasteiger partial charge in [-0.25, -0.2) is 0 Å². The Labute approximate surface area is 182 Å². The number of benzene rings is 5. The molecule has 0 saturated heterocycles. The van der Waals surface area contributed by atoms with Crippen molar-refractivity contribution in [2.24, 2.45) is 0 Å². The zero-order valence-corrected chi connectivity index (χ0v) is 17.7. The molecule has 0 unspecified atom stereocenters. The fourth-order valence-corrected chi connectivity index (χ4v) is 3.99. The molecule has 3 nitrogen and oxygen atoms in total. The molecule has 0 radical (unpaired) electrons. The van der Waals surface area contributed by atoms with Crippen molar-refractivity contribution in [1.29, 1.82) is 0 Å². The van der Waals surface area contributed by atoms with Gasteiger partial charge in [-0.05, 0) is 53.9 Å². The van der Waals surface area contributed by atoms with E-state index in [1.807, 2.05) is 0 Å². The van der Waals surface area contributed by atoms with Crippen LogP contribution in [0.4, 0.5) is 22.7 Å². The number of hydrogen-bond donors (Lipinski definition) is 3. The third-order valence-electron chi connectivity index (χ3n) is 5.70. The number of nitrogens with one attached hydrogen (secondary N) is 3. The number of anilines is 4. The van der Waals surface area contributed by atoms with Gasteiger partial charge in [-0.3, -0.25) is 5.43 Å². The predicted molar refractivity (Wildman–Crippen MR) is 134 cm³/mol. The molecule has 5 aromatic carbocycles. The first kappa shape index (κ1) is 19.0. The van der Waals surface area contributed by atoms with E-state index in [1.54, 1.807) is 0 Å². The van der Waals surface area contributed by atoms with Gasteiger partial charge in [0, 0.05) is 16.5 Å².